The molecular weight excluding hydrogens is 328 g/mol. The maximum Gasteiger partial charge on any atom is 0.243 e. The molecule has 0 amide bonds. The van der Waals surface area contributed by atoms with Crippen molar-refractivity contribution in [1.29, 1.82) is 0 Å². The quantitative estimate of drug-likeness (QED) is 0.849. The average molecular weight is 348 g/mol. The average Bonchev–Trinajstić information content (AvgIpc) is 3.32. The van der Waals surface area contributed by atoms with Crippen LogP contribution in [0.25, 0.3) is 0 Å². The first-order valence-corrected chi connectivity index (χ1v) is 9.63. The summed E-state index contributed by atoms with van der Waals surface area (Å²) in [4.78, 5) is 0.313. The van der Waals surface area contributed by atoms with Gasteiger partial charge in [-0.05, 0) is 31.9 Å². The third-order valence-electron chi connectivity index (χ3n) is 4.54. The number of benzene rings is 1. The maximum absolute atomic E-state index is 12.8. The Morgan fingerprint density at radius 3 is 2.67 bits per heavy atom. The first-order valence-electron chi connectivity index (χ1n) is 8.19. The second-order valence-corrected chi connectivity index (χ2v) is 8.40. The fourth-order valence-electron chi connectivity index (χ4n) is 2.90. The fraction of sp³-hybridized carbons (Fsp3) is 0.471. The molecule has 6 nitrogen and oxygen atoms in total. The molecule has 2 heterocycles. The van der Waals surface area contributed by atoms with E-state index in [2.05, 4.69) is 5.16 Å². The summed E-state index contributed by atoms with van der Waals surface area (Å²) < 4.78 is 38.2. The summed E-state index contributed by atoms with van der Waals surface area (Å²) >= 11 is 0. The number of ether oxygens (including phenoxy) is 1. The Morgan fingerprint density at radius 2 is 1.96 bits per heavy atom. The van der Waals surface area contributed by atoms with Crippen molar-refractivity contribution in [3.8, 4) is 0 Å². The van der Waals surface area contributed by atoms with Crippen molar-refractivity contribution in [2.75, 3.05) is 19.7 Å². The Bertz CT molecular complexity index is 825. The van der Waals surface area contributed by atoms with Crippen molar-refractivity contribution in [2.45, 2.75) is 36.7 Å². The molecule has 1 saturated heterocycles. The van der Waals surface area contributed by atoms with E-state index in [1.54, 1.807) is 12.1 Å². The third kappa shape index (κ3) is 2.99. The molecule has 0 radical (unpaired) electrons. The summed E-state index contributed by atoms with van der Waals surface area (Å²) in [6.45, 7) is 2.89. The van der Waals surface area contributed by atoms with Gasteiger partial charge in [0.1, 0.15) is 17.6 Å². The molecule has 24 heavy (non-hydrogen) atoms. The van der Waals surface area contributed by atoms with Crippen molar-refractivity contribution < 1.29 is 17.7 Å². The number of aryl methyl sites for hydroxylation is 1. The smallest absolute Gasteiger partial charge is 0.243 e. The van der Waals surface area contributed by atoms with Crippen LogP contribution in [0.5, 0.6) is 0 Å². The number of morpholine rings is 1. The lowest BCUT2D eigenvalue weighted by molar-refractivity contribution is -0.00647. The highest BCUT2D eigenvalue weighted by molar-refractivity contribution is 7.89. The van der Waals surface area contributed by atoms with Crippen molar-refractivity contribution in [3.63, 3.8) is 0 Å². The molecule has 128 valence electrons. The molecule has 7 heteroatoms. The van der Waals surface area contributed by atoms with Gasteiger partial charge in [0, 0.05) is 25.1 Å². The van der Waals surface area contributed by atoms with E-state index in [-0.39, 0.29) is 12.6 Å². The molecule has 0 N–H and O–H groups in total. The van der Waals surface area contributed by atoms with Gasteiger partial charge in [-0.3, -0.25) is 0 Å². The van der Waals surface area contributed by atoms with Crippen LogP contribution in [0.1, 0.15) is 41.9 Å². The molecule has 4 rings (SSSR count). The van der Waals surface area contributed by atoms with Crippen LogP contribution in [0.4, 0.5) is 0 Å². The summed E-state index contributed by atoms with van der Waals surface area (Å²) in [6.07, 6.45) is 1.89. The van der Waals surface area contributed by atoms with E-state index in [4.69, 9.17) is 9.26 Å². The number of rotatable bonds is 4. The molecule has 0 unspecified atom stereocenters. The first kappa shape index (κ1) is 15.8. The largest absolute Gasteiger partial charge is 0.369 e. The van der Waals surface area contributed by atoms with Crippen molar-refractivity contribution in [2.24, 2.45) is 0 Å². The molecule has 0 bridgehead atoms. The van der Waals surface area contributed by atoms with Crippen LogP contribution < -0.4 is 0 Å². The van der Waals surface area contributed by atoms with Gasteiger partial charge in [0.2, 0.25) is 10.0 Å². The predicted octanol–water partition coefficient (Wildman–Crippen LogP) is 2.62. The molecule has 2 aliphatic rings. The lowest BCUT2D eigenvalue weighted by atomic mass is 10.2. The zero-order chi connectivity index (χ0) is 16.7. The van der Waals surface area contributed by atoms with Gasteiger partial charge in [-0.15, -0.1) is 0 Å². The van der Waals surface area contributed by atoms with Crippen LogP contribution in [-0.2, 0) is 14.8 Å². The minimum atomic E-state index is -3.52. The molecule has 1 aliphatic heterocycles. The standard InChI is InChI=1S/C17H20N2O4S/c1-12-2-6-14(7-3-12)24(20,21)19-8-9-22-17(11-19)15-10-16(23-18-15)13-4-5-13/h2-3,6-7,10,13,17H,4-5,8-9,11H2,1H3/t17-/m1/s1. The van der Waals surface area contributed by atoms with Crippen LogP contribution in [-0.4, -0.2) is 37.6 Å². The summed E-state index contributed by atoms with van der Waals surface area (Å²) in [5.41, 5.74) is 1.71. The Kier molecular flexibility index (Phi) is 3.94. The van der Waals surface area contributed by atoms with Crippen LogP contribution >= 0.6 is 0 Å². The summed E-state index contributed by atoms with van der Waals surface area (Å²) in [7, 11) is -3.52. The van der Waals surface area contributed by atoms with E-state index >= 15 is 0 Å². The van der Waals surface area contributed by atoms with Crippen LogP contribution in [0, 0.1) is 6.92 Å². The van der Waals surface area contributed by atoms with E-state index in [0.29, 0.717) is 29.7 Å². The highest BCUT2D eigenvalue weighted by Crippen LogP contribution is 2.41. The van der Waals surface area contributed by atoms with Crippen molar-refractivity contribution >= 4 is 10.0 Å². The molecule has 2 aromatic rings. The van der Waals surface area contributed by atoms with Gasteiger partial charge in [-0.1, -0.05) is 22.9 Å². The van der Waals surface area contributed by atoms with Gasteiger partial charge in [0.05, 0.1) is 11.5 Å². The molecule has 1 aliphatic carbocycles. The van der Waals surface area contributed by atoms with Crippen molar-refractivity contribution in [1.82, 2.24) is 9.46 Å². The zero-order valence-electron chi connectivity index (χ0n) is 13.5. The van der Waals surface area contributed by atoms with E-state index < -0.39 is 10.0 Å². The zero-order valence-corrected chi connectivity index (χ0v) is 14.3. The van der Waals surface area contributed by atoms with Crippen LogP contribution in [0.3, 0.4) is 0 Å². The SMILES string of the molecule is Cc1ccc(S(=O)(=O)N2CCO[C@@H](c3cc(C4CC4)on3)C2)cc1. The summed E-state index contributed by atoms with van der Waals surface area (Å²) in [5.74, 6) is 1.36. The number of aromatic nitrogens is 1. The van der Waals surface area contributed by atoms with E-state index in [0.717, 1.165) is 24.2 Å². The molecule has 1 aromatic carbocycles. The van der Waals surface area contributed by atoms with Gasteiger partial charge in [0.15, 0.2) is 0 Å². The maximum atomic E-state index is 12.8. The summed E-state index contributed by atoms with van der Waals surface area (Å²) in [5, 5.41) is 4.08. The Morgan fingerprint density at radius 1 is 1.21 bits per heavy atom. The Hall–Kier alpha value is -1.70. The minimum Gasteiger partial charge on any atom is -0.369 e. The van der Waals surface area contributed by atoms with Gasteiger partial charge >= 0.3 is 0 Å². The second kappa shape index (κ2) is 5.98. The lowest BCUT2D eigenvalue weighted by Crippen LogP contribution is -2.42. The number of hydrogen-bond acceptors (Lipinski definition) is 5. The molecule has 2 fully saturated rings. The second-order valence-electron chi connectivity index (χ2n) is 6.46. The van der Waals surface area contributed by atoms with Gasteiger partial charge in [-0.2, -0.15) is 4.31 Å². The van der Waals surface area contributed by atoms with Crippen molar-refractivity contribution in [3.05, 3.63) is 47.3 Å². The Labute approximate surface area is 141 Å². The normalized spacial score (nSPS) is 22.6. The van der Waals surface area contributed by atoms with E-state index in [9.17, 15) is 8.42 Å². The van der Waals surface area contributed by atoms with Crippen LogP contribution in [0.2, 0.25) is 0 Å². The third-order valence-corrected chi connectivity index (χ3v) is 6.42. The van der Waals surface area contributed by atoms with E-state index in [1.807, 2.05) is 25.1 Å². The number of nitrogens with zero attached hydrogens (tertiary/aromatic N) is 2. The van der Waals surface area contributed by atoms with E-state index in [1.165, 1.54) is 4.31 Å². The van der Waals surface area contributed by atoms with Gasteiger partial charge < -0.3 is 9.26 Å². The fourth-order valence-corrected chi connectivity index (χ4v) is 4.32. The molecule has 1 saturated carbocycles. The minimum absolute atomic E-state index is 0.257. The van der Waals surface area contributed by atoms with Gasteiger partial charge in [0.25, 0.3) is 0 Å². The van der Waals surface area contributed by atoms with Crippen LogP contribution in [0.15, 0.2) is 39.8 Å². The summed E-state index contributed by atoms with van der Waals surface area (Å²) in [6, 6.07) is 8.83. The molecular formula is C17H20N2O4S. The lowest BCUT2D eigenvalue weighted by Gasteiger charge is -2.31. The Balaban J connectivity index is 1.54. The highest BCUT2D eigenvalue weighted by atomic mass is 32.2. The monoisotopic (exact) mass is 348 g/mol. The first-order chi connectivity index (χ1) is 11.5. The molecule has 1 atom stereocenters. The molecule has 1 aromatic heterocycles. The predicted molar refractivity (Wildman–Crippen MR) is 87.1 cm³/mol. The highest BCUT2D eigenvalue weighted by Gasteiger charge is 2.34. The number of hydrogen-bond donors (Lipinski definition) is 0. The topological polar surface area (TPSA) is 72.6 Å². The number of sulfonamides is 1. The van der Waals surface area contributed by atoms with Gasteiger partial charge in [-0.25, -0.2) is 8.42 Å². The molecule has 0 spiro atoms.